The van der Waals surface area contributed by atoms with Gasteiger partial charge in [-0.1, -0.05) is 17.7 Å². The molecule has 3 aromatic rings. The third-order valence-corrected chi connectivity index (χ3v) is 3.94. The summed E-state index contributed by atoms with van der Waals surface area (Å²) in [6.07, 6.45) is 1.69. The molecule has 2 heterocycles. The van der Waals surface area contributed by atoms with Gasteiger partial charge in [0.1, 0.15) is 17.4 Å². The second-order valence-electron chi connectivity index (χ2n) is 5.67. The van der Waals surface area contributed by atoms with Crippen LogP contribution < -0.4 is 20.7 Å². The van der Waals surface area contributed by atoms with Gasteiger partial charge in [-0.15, -0.1) is 10.2 Å². The molecule has 0 radical (unpaired) electrons. The number of ether oxygens (including phenoxy) is 1. The third kappa shape index (κ3) is 5.31. The zero-order valence-electron chi connectivity index (χ0n) is 15.1. The van der Waals surface area contributed by atoms with Crippen LogP contribution in [0.15, 0.2) is 54.7 Å². The zero-order chi connectivity index (χ0) is 19.8. The van der Waals surface area contributed by atoms with Gasteiger partial charge in [-0.2, -0.15) is 0 Å². The molecule has 3 N–H and O–H groups in total. The number of carbonyl (C=O) groups is 1. The molecule has 1 aromatic carbocycles. The number of nitrogens with zero attached hydrogens (tertiary/aromatic N) is 3. The molecule has 0 aliphatic rings. The highest BCUT2D eigenvalue weighted by molar-refractivity contribution is 6.31. The van der Waals surface area contributed by atoms with Crippen molar-refractivity contribution in [1.29, 1.82) is 0 Å². The van der Waals surface area contributed by atoms with E-state index in [2.05, 4.69) is 31.1 Å². The van der Waals surface area contributed by atoms with Crippen LogP contribution in [-0.4, -0.2) is 41.3 Å². The summed E-state index contributed by atoms with van der Waals surface area (Å²) >= 11 is 5.95. The summed E-state index contributed by atoms with van der Waals surface area (Å²) in [5.41, 5.74) is 0.389. The highest BCUT2D eigenvalue weighted by Crippen LogP contribution is 2.22. The first-order chi connectivity index (χ1) is 13.7. The fraction of sp³-hybridized carbons (Fsp3) is 0.158. The maximum Gasteiger partial charge on any atom is 0.255 e. The van der Waals surface area contributed by atoms with Crippen molar-refractivity contribution in [2.24, 2.45) is 0 Å². The highest BCUT2D eigenvalue weighted by Gasteiger charge is 2.12. The van der Waals surface area contributed by atoms with Crippen LogP contribution >= 0.6 is 11.6 Å². The van der Waals surface area contributed by atoms with Crippen molar-refractivity contribution in [2.45, 2.75) is 0 Å². The minimum absolute atomic E-state index is 0.262. The van der Waals surface area contributed by atoms with Crippen molar-refractivity contribution in [3.8, 4) is 5.75 Å². The minimum atomic E-state index is -0.262. The van der Waals surface area contributed by atoms with Gasteiger partial charge in [0.25, 0.3) is 5.91 Å². The van der Waals surface area contributed by atoms with Crippen molar-refractivity contribution in [1.82, 2.24) is 20.5 Å². The molecule has 1 amide bonds. The van der Waals surface area contributed by atoms with Crippen LogP contribution in [0.5, 0.6) is 5.75 Å². The van der Waals surface area contributed by atoms with Crippen LogP contribution in [0.25, 0.3) is 0 Å². The number of hydrogen-bond acceptors (Lipinski definition) is 7. The number of methoxy groups -OCH3 is 1. The van der Waals surface area contributed by atoms with E-state index >= 15 is 0 Å². The van der Waals surface area contributed by atoms with Crippen LogP contribution in [0.2, 0.25) is 5.02 Å². The van der Waals surface area contributed by atoms with Crippen molar-refractivity contribution >= 4 is 35.0 Å². The average molecular weight is 399 g/mol. The van der Waals surface area contributed by atoms with Gasteiger partial charge in [-0.3, -0.25) is 4.79 Å². The highest BCUT2D eigenvalue weighted by atomic mass is 35.5. The molecule has 2 aromatic heterocycles. The Bertz CT molecular complexity index is 921. The van der Waals surface area contributed by atoms with Crippen molar-refractivity contribution < 1.29 is 9.53 Å². The zero-order valence-corrected chi connectivity index (χ0v) is 15.9. The summed E-state index contributed by atoms with van der Waals surface area (Å²) in [4.78, 5) is 16.5. The van der Waals surface area contributed by atoms with Gasteiger partial charge < -0.3 is 20.7 Å². The Morgan fingerprint density at radius 3 is 2.57 bits per heavy atom. The lowest BCUT2D eigenvalue weighted by Gasteiger charge is -2.10. The SMILES string of the molecule is COc1ccc(Cl)cc1C(=O)NCCNc1ccc(Nc2ccccn2)nn1. The summed E-state index contributed by atoms with van der Waals surface area (Å²) in [7, 11) is 1.51. The van der Waals surface area contributed by atoms with Crippen molar-refractivity contribution in [3.63, 3.8) is 0 Å². The van der Waals surface area contributed by atoms with E-state index in [0.717, 1.165) is 0 Å². The predicted molar refractivity (Wildman–Crippen MR) is 108 cm³/mol. The number of pyridine rings is 1. The van der Waals surface area contributed by atoms with Crippen LogP contribution in [0.3, 0.4) is 0 Å². The molecule has 0 fully saturated rings. The largest absolute Gasteiger partial charge is 0.496 e. The molecule has 0 atom stereocenters. The molecule has 0 spiro atoms. The molecule has 144 valence electrons. The van der Waals surface area contributed by atoms with E-state index in [1.165, 1.54) is 7.11 Å². The lowest BCUT2D eigenvalue weighted by Crippen LogP contribution is -2.29. The fourth-order valence-corrected chi connectivity index (χ4v) is 2.55. The van der Waals surface area contributed by atoms with E-state index in [0.29, 0.717) is 46.9 Å². The van der Waals surface area contributed by atoms with Gasteiger partial charge in [-0.05, 0) is 42.5 Å². The monoisotopic (exact) mass is 398 g/mol. The maximum absolute atomic E-state index is 12.3. The molecular formula is C19H19ClN6O2. The van der Waals surface area contributed by atoms with Gasteiger partial charge in [0.15, 0.2) is 5.82 Å². The average Bonchev–Trinajstić information content (AvgIpc) is 2.73. The summed E-state index contributed by atoms with van der Waals surface area (Å²) in [6, 6.07) is 14.0. The number of rotatable bonds is 8. The van der Waals surface area contributed by atoms with Gasteiger partial charge >= 0.3 is 0 Å². The lowest BCUT2D eigenvalue weighted by molar-refractivity contribution is 0.0952. The molecular weight excluding hydrogens is 380 g/mol. The Morgan fingerprint density at radius 2 is 1.86 bits per heavy atom. The molecule has 0 saturated carbocycles. The number of aromatic nitrogens is 3. The van der Waals surface area contributed by atoms with Crippen LogP contribution in [0.4, 0.5) is 17.5 Å². The topological polar surface area (TPSA) is 101 Å². The number of hydrogen-bond donors (Lipinski definition) is 3. The maximum atomic E-state index is 12.3. The van der Waals surface area contributed by atoms with Crippen LogP contribution in [0, 0.1) is 0 Å². The molecule has 28 heavy (non-hydrogen) atoms. The molecule has 8 nitrogen and oxygen atoms in total. The number of amides is 1. The van der Waals surface area contributed by atoms with Crippen LogP contribution in [0.1, 0.15) is 10.4 Å². The van der Waals surface area contributed by atoms with E-state index < -0.39 is 0 Å². The second-order valence-corrected chi connectivity index (χ2v) is 6.11. The molecule has 0 aliphatic heterocycles. The predicted octanol–water partition coefficient (Wildman–Crippen LogP) is 3.12. The second kappa shape index (κ2) is 9.52. The molecule has 0 unspecified atom stereocenters. The quantitative estimate of drug-likeness (QED) is 0.501. The van der Waals surface area contributed by atoms with E-state index in [1.54, 1.807) is 36.5 Å². The van der Waals surface area contributed by atoms with E-state index in [1.807, 2.05) is 18.2 Å². The Labute approximate surface area is 167 Å². The molecule has 0 bridgehead atoms. The van der Waals surface area contributed by atoms with E-state index in [-0.39, 0.29) is 5.91 Å². The summed E-state index contributed by atoms with van der Waals surface area (Å²) in [5.74, 6) is 2.09. The number of anilines is 3. The standard InChI is InChI=1S/C19H19ClN6O2/c1-28-15-6-5-13(20)12-14(15)19(27)23-11-10-22-17-7-8-18(26-25-17)24-16-4-2-3-9-21-16/h2-9,12H,10-11H2,1H3,(H,22,25)(H,23,27)(H,21,24,26). The molecule has 3 rings (SSSR count). The summed E-state index contributed by atoms with van der Waals surface area (Å²) < 4.78 is 5.19. The first-order valence-corrected chi connectivity index (χ1v) is 8.91. The Balaban J connectivity index is 1.46. The van der Waals surface area contributed by atoms with Gasteiger partial charge in [0.05, 0.1) is 12.7 Å². The number of benzene rings is 1. The number of halogens is 1. The first kappa shape index (κ1) is 19.4. The van der Waals surface area contributed by atoms with E-state index in [9.17, 15) is 4.79 Å². The van der Waals surface area contributed by atoms with Crippen LogP contribution in [-0.2, 0) is 0 Å². The normalized spacial score (nSPS) is 10.2. The Hall–Kier alpha value is -3.39. The van der Waals surface area contributed by atoms with Gasteiger partial charge in [0.2, 0.25) is 0 Å². The van der Waals surface area contributed by atoms with E-state index in [4.69, 9.17) is 16.3 Å². The Kier molecular flexibility index (Phi) is 6.59. The number of nitrogens with one attached hydrogen (secondary N) is 3. The first-order valence-electron chi connectivity index (χ1n) is 8.53. The lowest BCUT2D eigenvalue weighted by atomic mass is 10.2. The summed E-state index contributed by atoms with van der Waals surface area (Å²) in [5, 5.41) is 17.6. The molecule has 0 aliphatic carbocycles. The summed E-state index contributed by atoms with van der Waals surface area (Å²) in [6.45, 7) is 0.875. The minimum Gasteiger partial charge on any atom is -0.496 e. The number of carbonyl (C=O) groups excluding carboxylic acids is 1. The fourth-order valence-electron chi connectivity index (χ4n) is 2.38. The van der Waals surface area contributed by atoms with Gasteiger partial charge in [0, 0.05) is 24.3 Å². The smallest absolute Gasteiger partial charge is 0.255 e. The van der Waals surface area contributed by atoms with Crippen molar-refractivity contribution in [2.75, 3.05) is 30.8 Å². The Morgan fingerprint density at radius 1 is 1.04 bits per heavy atom. The third-order valence-electron chi connectivity index (χ3n) is 3.71. The van der Waals surface area contributed by atoms with Crippen molar-refractivity contribution in [3.05, 3.63) is 65.3 Å². The van der Waals surface area contributed by atoms with Gasteiger partial charge in [-0.25, -0.2) is 4.98 Å². The molecule has 9 heteroatoms. The molecule has 0 saturated heterocycles.